The molecule has 0 aromatic heterocycles. The van der Waals surface area contributed by atoms with Gasteiger partial charge in [0.05, 0.1) is 17.1 Å². The smallest absolute Gasteiger partial charge is 0.307 e. The van der Waals surface area contributed by atoms with Crippen molar-refractivity contribution in [2.24, 2.45) is 0 Å². The molecule has 0 aliphatic rings. The van der Waals surface area contributed by atoms with Crippen molar-refractivity contribution in [1.29, 1.82) is 0 Å². The number of benzene rings is 1. The zero-order chi connectivity index (χ0) is 10.0. The quantitative estimate of drug-likeness (QED) is 0.806. The van der Waals surface area contributed by atoms with Gasteiger partial charge in [-0.3, -0.25) is 4.79 Å². The normalized spacial score (nSPS) is 10.0. The van der Waals surface area contributed by atoms with Gasteiger partial charge in [0.1, 0.15) is 0 Å². The molecular weight excluding hydrogens is 257 g/mol. The molecule has 0 amide bonds. The minimum atomic E-state index is -0.926. The van der Waals surface area contributed by atoms with Crippen LogP contribution in [-0.2, 0) is 11.2 Å². The lowest BCUT2D eigenvalue weighted by Gasteiger charge is -2.05. The summed E-state index contributed by atoms with van der Waals surface area (Å²) in [5.74, 6) is -0.926. The van der Waals surface area contributed by atoms with Crippen LogP contribution in [0.1, 0.15) is 5.56 Å². The summed E-state index contributed by atoms with van der Waals surface area (Å²) in [7, 11) is 0. The van der Waals surface area contributed by atoms with E-state index in [4.69, 9.17) is 22.4 Å². The lowest BCUT2D eigenvalue weighted by Crippen LogP contribution is -2.04. The van der Waals surface area contributed by atoms with E-state index in [-0.39, 0.29) is 6.42 Å². The molecule has 0 bridgehead atoms. The number of nitrogen functional groups attached to an aromatic ring is 1. The molecule has 5 heteroatoms. The average molecular weight is 265 g/mol. The molecule has 70 valence electrons. The predicted octanol–water partition coefficient (Wildman–Crippen LogP) is 2.31. The summed E-state index contributed by atoms with van der Waals surface area (Å²) < 4.78 is 0.667. The minimum Gasteiger partial charge on any atom is -0.481 e. The highest BCUT2D eigenvalue weighted by Gasteiger charge is 2.09. The van der Waals surface area contributed by atoms with E-state index >= 15 is 0 Å². The molecule has 1 rings (SSSR count). The van der Waals surface area contributed by atoms with Crippen molar-refractivity contribution in [3.8, 4) is 0 Å². The number of hydrogen-bond donors (Lipinski definition) is 2. The van der Waals surface area contributed by atoms with Crippen LogP contribution in [0.3, 0.4) is 0 Å². The third-order valence-electron chi connectivity index (χ3n) is 1.56. The summed E-state index contributed by atoms with van der Waals surface area (Å²) >= 11 is 8.99. The largest absolute Gasteiger partial charge is 0.481 e. The fourth-order valence-electron chi connectivity index (χ4n) is 0.923. The Labute approximate surface area is 88.6 Å². The van der Waals surface area contributed by atoms with E-state index < -0.39 is 5.97 Å². The highest BCUT2D eigenvalue weighted by Crippen LogP contribution is 2.31. The fraction of sp³-hybridized carbons (Fsp3) is 0.125. The summed E-state index contributed by atoms with van der Waals surface area (Å²) in [5.41, 5.74) is 6.45. The maximum Gasteiger partial charge on any atom is 0.307 e. The van der Waals surface area contributed by atoms with E-state index in [9.17, 15) is 4.79 Å². The molecule has 0 fully saturated rings. The molecule has 0 aliphatic heterocycles. The molecule has 13 heavy (non-hydrogen) atoms. The number of hydrogen-bond acceptors (Lipinski definition) is 2. The van der Waals surface area contributed by atoms with E-state index in [1.54, 1.807) is 12.1 Å². The van der Waals surface area contributed by atoms with E-state index in [0.717, 1.165) is 0 Å². The molecule has 1 aromatic rings. The third kappa shape index (κ3) is 2.35. The van der Waals surface area contributed by atoms with Gasteiger partial charge in [-0.15, -0.1) is 0 Å². The van der Waals surface area contributed by atoms with Gasteiger partial charge in [-0.1, -0.05) is 17.7 Å². The van der Waals surface area contributed by atoms with Crippen molar-refractivity contribution in [1.82, 2.24) is 0 Å². The van der Waals surface area contributed by atoms with Crippen LogP contribution in [0.5, 0.6) is 0 Å². The molecule has 3 N–H and O–H groups in total. The summed E-state index contributed by atoms with van der Waals surface area (Å²) in [6.45, 7) is 0. The molecule has 0 unspecified atom stereocenters. The number of anilines is 1. The Morgan fingerprint density at radius 3 is 2.77 bits per heavy atom. The lowest BCUT2D eigenvalue weighted by atomic mass is 10.1. The number of aliphatic carboxylic acids is 1. The molecule has 0 radical (unpaired) electrons. The maximum atomic E-state index is 10.4. The Kier molecular flexibility index (Phi) is 3.17. The van der Waals surface area contributed by atoms with Gasteiger partial charge in [-0.25, -0.2) is 0 Å². The average Bonchev–Trinajstić information content (AvgIpc) is 2.06. The van der Waals surface area contributed by atoms with Crippen LogP contribution < -0.4 is 5.73 Å². The van der Waals surface area contributed by atoms with E-state index in [0.29, 0.717) is 20.7 Å². The van der Waals surface area contributed by atoms with Crippen LogP contribution in [0.4, 0.5) is 5.69 Å². The van der Waals surface area contributed by atoms with E-state index in [1.807, 2.05) is 0 Å². The molecule has 0 saturated carbocycles. The zero-order valence-electron chi connectivity index (χ0n) is 6.55. The second-order valence-electron chi connectivity index (χ2n) is 2.50. The highest BCUT2D eigenvalue weighted by atomic mass is 79.9. The number of carboxylic acid groups (broad SMARTS) is 1. The van der Waals surface area contributed by atoms with Crippen LogP contribution in [0.25, 0.3) is 0 Å². The lowest BCUT2D eigenvalue weighted by molar-refractivity contribution is -0.136. The van der Waals surface area contributed by atoms with Crippen molar-refractivity contribution in [2.45, 2.75) is 6.42 Å². The van der Waals surface area contributed by atoms with E-state index in [2.05, 4.69) is 15.9 Å². The van der Waals surface area contributed by atoms with Crippen LogP contribution in [0, 0.1) is 0 Å². The van der Waals surface area contributed by atoms with Gasteiger partial charge in [0.2, 0.25) is 0 Å². The molecule has 0 spiro atoms. The molecule has 0 atom stereocenters. The SMILES string of the molecule is Nc1c(CC(=O)O)ccc(Br)c1Cl. The number of carboxylic acids is 1. The second-order valence-corrected chi connectivity index (χ2v) is 3.74. The Morgan fingerprint density at radius 2 is 2.23 bits per heavy atom. The van der Waals surface area contributed by atoms with Crippen molar-refractivity contribution < 1.29 is 9.90 Å². The number of carbonyl (C=O) groups is 1. The van der Waals surface area contributed by atoms with Gasteiger partial charge >= 0.3 is 5.97 Å². The van der Waals surface area contributed by atoms with Gasteiger partial charge in [-0.2, -0.15) is 0 Å². The Balaban J connectivity index is 3.10. The molecule has 1 aromatic carbocycles. The first-order chi connectivity index (χ1) is 6.02. The number of halogens is 2. The van der Waals surface area contributed by atoms with Crippen LogP contribution in [0.15, 0.2) is 16.6 Å². The summed E-state index contributed by atoms with van der Waals surface area (Å²) in [5, 5.41) is 8.90. The highest BCUT2D eigenvalue weighted by molar-refractivity contribution is 9.10. The number of rotatable bonds is 2. The first kappa shape index (κ1) is 10.3. The zero-order valence-corrected chi connectivity index (χ0v) is 8.89. The van der Waals surface area contributed by atoms with Gasteiger partial charge < -0.3 is 10.8 Å². The summed E-state index contributed by atoms with van der Waals surface area (Å²) in [6.07, 6.45) is -0.112. The standard InChI is InChI=1S/C8H7BrClNO2/c9-5-2-1-4(3-6(12)13)8(11)7(5)10/h1-2H,3,11H2,(H,12,13). The first-order valence-corrected chi connectivity index (χ1v) is 4.63. The first-order valence-electron chi connectivity index (χ1n) is 3.46. The second kappa shape index (κ2) is 3.98. The van der Waals surface area contributed by atoms with Crippen molar-refractivity contribution in [3.63, 3.8) is 0 Å². The van der Waals surface area contributed by atoms with Crippen molar-refractivity contribution in [2.75, 3.05) is 5.73 Å². The maximum absolute atomic E-state index is 10.4. The van der Waals surface area contributed by atoms with Gasteiger partial charge in [0.15, 0.2) is 0 Å². The Hall–Kier alpha value is -0.740. The molecule has 0 heterocycles. The monoisotopic (exact) mass is 263 g/mol. The van der Waals surface area contributed by atoms with Gasteiger partial charge in [-0.05, 0) is 27.6 Å². The molecule has 3 nitrogen and oxygen atoms in total. The molecular formula is C8H7BrClNO2. The third-order valence-corrected chi connectivity index (χ3v) is 2.86. The molecule has 0 aliphatic carbocycles. The predicted molar refractivity (Wildman–Crippen MR) is 54.9 cm³/mol. The Morgan fingerprint density at radius 1 is 1.62 bits per heavy atom. The van der Waals surface area contributed by atoms with Crippen LogP contribution >= 0.6 is 27.5 Å². The van der Waals surface area contributed by atoms with Crippen LogP contribution in [0.2, 0.25) is 5.02 Å². The topological polar surface area (TPSA) is 63.3 Å². The van der Waals surface area contributed by atoms with E-state index in [1.165, 1.54) is 0 Å². The van der Waals surface area contributed by atoms with Gasteiger partial charge in [0.25, 0.3) is 0 Å². The fourth-order valence-corrected chi connectivity index (χ4v) is 1.45. The summed E-state index contributed by atoms with van der Waals surface area (Å²) in [4.78, 5) is 10.4. The minimum absolute atomic E-state index is 0.112. The Bertz CT molecular complexity index is 354. The van der Waals surface area contributed by atoms with Crippen molar-refractivity contribution >= 4 is 39.2 Å². The van der Waals surface area contributed by atoms with Crippen LogP contribution in [-0.4, -0.2) is 11.1 Å². The van der Waals surface area contributed by atoms with Gasteiger partial charge in [0, 0.05) is 4.47 Å². The summed E-state index contributed by atoms with van der Waals surface area (Å²) in [6, 6.07) is 3.32. The number of nitrogens with two attached hydrogens (primary N) is 1. The molecule has 0 saturated heterocycles. The van der Waals surface area contributed by atoms with Crippen molar-refractivity contribution in [3.05, 3.63) is 27.2 Å².